The van der Waals surface area contributed by atoms with Gasteiger partial charge in [-0.05, 0) is 29.2 Å². The minimum absolute atomic E-state index is 0.273. The van der Waals surface area contributed by atoms with Crippen LogP contribution in [0.2, 0.25) is 5.02 Å². The highest BCUT2D eigenvalue weighted by Crippen LogP contribution is 2.42. The summed E-state index contributed by atoms with van der Waals surface area (Å²) in [6, 6.07) is 12.7. The third-order valence-electron chi connectivity index (χ3n) is 3.95. The molecule has 1 aliphatic heterocycles. The van der Waals surface area contributed by atoms with E-state index in [1.807, 2.05) is 12.1 Å². The molecule has 1 aliphatic rings. The van der Waals surface area contributed by atoms with E-state index in [0.717, 1.165) is 18.5 Å². The summed E-state index contributed by atoms with van der Waals surface area (Å²) in [4.78, 5) is 0. The Bertz CT molecular complexity index is 643. The Morgan fingerprint density at radius 3 is 2.57 bits per heavy atom. The summed E-state index contributed by atoms with van der Waals surface area (Å²) in [7, 11) is 3.25. The van der Waals surface area contributed by atoms with Crippen molar-refractivity contribution >= 4 is 11.6 Å². The van der Waals surface area contributed by atoms with Crippen LogP contribution in [-0.2, 0) is 13.0 Å². The molecule has 21 heavy (non-hydrogen) atoms. The SMILES string of the molecule is COc1cc2c(c(Cl)c1OC)CC(c1ccccc1)NC2. The second-order valence-corrected chi connectivity index (χ2v) is 5.49. The average Bonchev–Trinajstić information content (AvgIpc) is 2.55. The third kappa shape index (κ3) is 2.59. The Morgan fingerprint density at radius 2 is 1.90 bits per heavy atom. The fourth-order valence-electron chi connectivity index (χ4n) is 2.85. The van der Waals surface area contributed by atoms with Gasteiger partial charge in [-0.15, -0.1) is 0 Å². The number of rotatable bonds is 3. The van der Waals surface area contributed by atoms with Crippen molar-refractivity contribution in [3.05, 3.63) is 58.1 Å². The Balaban J connectivity index is 1.99. The van der Waals surface area contributed by atoms with Gasteiger partial charge < -0.3 is 14.8 Å². The number of ether oxygens (including phenoxy) is 2. The van der Waals surface area contributed by atoms with Crippen LogP contribution in [0.4, 0.5) is 0 Å². The molecule has 110 valence electrons. The number of halogens is 1. The molecular weight excluding hydrogens is 286 g/mol. The summed E-state index contributed by atoms with van der Waals surface area (Å²) >= 11 is 6.53. The number of benzene rings is 2. The second-order valence-electron chi connectivity index (χ2n) is 5.11. The van der Waals surface area contributed by atoms with Gasteiger partial charge in [-0.3, -0.25) is 0 Å². The number of nitrogens with one attached hydrogen (secondary N) is 1. The molecule has 0 aromatic heterocycles. The summed E-state index contributed by atoms with van der Waals surface area (Å²) in [5.41, 5.74) is 3.58. The topological polar surface area (TPSA) is 30.5 Å². The summed E-state index contributed by atoms with van der Waals surface area (Å²) in [5, 5.41) is 4.21. The summed E-state index contributed by atoms with van der Waals surface area (Å²) in [5.74, 6) is 1.30. The lowest BCUT2D eigenvalue weighted by Gasteiger charge is -2.28. The first-order valence-corrected chi connectivity index (χ1v) is 7.33. The molecule has 0 fully saturated rings. The molecule has 0 radical (unpaired) electrons. The molecule has 1 N–H and O–H groups in total. The van der Waals surface area contributed by atoms with Crippen molar-refractivity contribution in [1.82, 2.24) is 5.32 Å². The molecule has 2 aromatic rings. The lowest BCUT2D eigenvalue weighted by molar-refractivity contribution is 0.352. The van der Waals surface area contributed by atoms with Crippen molar-refractivity contribution in [1.29, 1.82) is 0 Å². The highest BCUT2D eigenvalue weighted by molar-refractivity contribution is 6.33. The van der Waals surface area contributed by atoms with E-state index in [1.165, 1.54) is 11.1 Å². The molecular formula is C17H18ClNO2. The molecule has 0 amide bonds. The number of fused-ring (bicyclic) bond motifs is 1. The standard InChI is InChI=1S/C17H18ClNO2/c1-20-15-8-12-10-19-14(11-6-4-3-5-7-11)9-13(12)16(18)17(15)21-2/h3-8,14,19H,9-10H2,1-2H3. The van der Waals surface area contributed by atoms with Crippen LogP contribution in [0, 0.1) is 0 Å². The van der Waals surface area contributed by atoms with Gasteiger partial charge in [-0.1, -0.05) is 41.9 Å². The average molecular weight is 304 g/mol. The first kappa shape index (κ1) is 14.2. The number of methoxy groups -OCH3 is 2. The smallest absolute Gasteiger partial charge is 0.179 e. The number of hydrogen-bond acceptors (Lipinski definition) is 3. The Kier molecular flexibility index (Phi) is 4.04. The lowest BCUT2D eigenvalue weighted by atomic mass is 9.91. The highest BCUT2D eigenvalue weighted by Gasteiger charge is 2.25. The maximum atomic E-state index is 6.53. The maximum Gasteiger partial charge on any atom is 0.179 e. The van der Waals surface area contributed by atoms with E-state index < -0.39 is 0 Å². The molecule has 0 saturated carbocycles. The van der Waals surface area contributed by atoms with Crippen molar-refractivity contribution in [3.63, 3.8) is 0 Å². The molecule has 0 saturated heterocycles. The van der Waals surface area contributed by atoms with Crippen LogP contribution in [0.15, 0.2) is 36.4 Å². The third-order valence-corrected chi connectivity index (χ3v) is 4.35. The van der Waals surface area contributed by atoms with Gasteiger partial charge in [0.15, 0.2) is 11.5 Å². The van der Waals surface area contributed by atoms with Gasteiger partial charge in [0.1, 0.15) is 0 Å². The molecule has 1 heterocycles. The fourth-order valence-corrected chi connectivity index (χ4v) is 3.22. The number of hydrogen-bond donors (Lipinski definition) is 1. The molecule has 1 atom stereocenters. The minimum Gasteiger partial charge on any atom is -0.493 e. The van der Waals surface area contributed by atoms with Crippen molar-refractivity contribution < 1.29 is 9.47 Å². The van der Waals surface area contributed by atoms with Crippen molar-refractivity contribution in [3.8, 4) is 11.5 Å². The van der Waals surface area contributed by atoms with E-state index in [4.69, 9.17) is 21.1 Å². The predicted octanol–water partition coefficient (Wildman–Crippen LogP) is 3.74. The van der Waals surface area contributed by atoms with Crippen LogP contribution < -0.4 is 14.8 Å². The van der Waals surface area contributed by atoms with Crippen molar-refractivity contribution in [2.75, 3.05) is 14.2 Å². The summed E-state index contributed by atoms with van der Waals surface area (Å²) < 4.78 is 10.8. The second kappa shape index (κ2) is 5.96. The summed E-state index contributed by atoms with van der Waals surface area (Å²) in [6.45, 7) is 0.773. The van der Waals surface area contributed by atoms with E-state index in [2.05, 4.69) is 29.6 Å². The van der Waals surface area contributed by atoms with Gasteiger partial charge >= 0.3 is 0 Å². The van der Waals surface area contributed by atoms with Gasteiger partial charge in [0.2, 0.25) is 0 Å². The molecule has 0 spiro atoms. The first-order chi connectivity index (χ1) is 10.2. The van der Waals surface area contributed by atoms with Gasteiger partial charge in [-0.25, -0.2) is 0 Å². The molecule has 1 unspecified atom stereocenters. The lowest BCUT2D eigenvalue weighted by Crippen LogP contribution is -2.28. The van der Waals surface area contributed by atoms with E-state index in [-0.39, 0.29) is 6.04 Å². The molecule has 4 heteroatoms. The van der Waals surface area contributed by atoms with Crippen LogP contribution in [0.25, 0.3) is 0 Å². The summed E-state index contributed by atoms with van der Waals surface area (Å²) in [6.07, 6.45) is 0.846. The largest absolute Gasteiger partial charge is 0.493 e. The van der Waals surface area contributed by atoms with Crippen LogP contribution in [0.5, 0.6) is 11.5 Å². The van der Waals surface area contributed by atoms with Crippen LogP contribution >= 0.6 is 11.6 Å². The van der Waals surface area contributed by atoms with Gasteiger partial charge in [-0.2, -0.15) is 0 Å². The van der Waals surface area contributed by atoms with Crippen LogP contribution in [-0.4, -0.2) is 14.2 Å². The van der Waals surface area contributed by atoms with E-state index >= 15 is 0 Å². The van der Waals surface area contributed by atoms with Gasteiger partial charge in [0.25, 0.3) is 0 Å². The zero-order valence-corrected chi connectivity index (χ0v) is 12.9. The van der Waals surface area contributed by atoms with E-state index in [1.54, 1.807) is 14.2 Å². The monoisotopic (exact) mass is 303 g/mol. The maximum absolute atomic E-state index is 6.53. The van der Waals surface area contributed by atoms with E-state index in [0.29, 0.717) is 16.5 Å². The van der Waals surface area contributed by atoms with Crippen LogP contribution in [0.1, 0.15) is 22.7 Å². The van der Waals surface area contributed by atoms with Crippen molar-refractivity contribution in [2.24, 2.45) is 0 Å². The Labute approximate surface area is 129 Å². The van der Waals surface area contributed by atoms with Gasteiger partial charge in [0.05, 0.1) is 19.2 Å². The van der Waals surface area contributed by atoms with Crippen LogP contribution in [0.3, 0.4) is 0 Å². The minimum atomic E-state index is 0.273. The molecule has 0 bridgehead atoms. The zero-order chi connectivity index (χ0) is 14.8. The first-order valence-electron chi connectivity index (χ1n) is 6.95. The molecule has 3 rings (SSSR count). The molecule has 0 aliphatic carbocycles. The zero-order valence-electron chi connectivity index (χ0n) is 12.2. The van der Waals surface area contributed by atoms with E-state index in [9.17, 15) is 0 Å². The highest BCUT2D eigenvalue weighted by atomic mass is 35.5. The molecule has 3 nitrogen and oxygen atoms in total. The van der Waals surface area contributed by atoms with Gasteiger partial charge in [0, 0.05) is 12.6 Å². The fraction of sp³-hybridized carbons (Fsp3) is 0.294. The Morgan fingerprint density at radius 1 is 1.14 bits per heavy atom. The Hall–Kier alpha value is -1.71. The van der Waals surface area contributed by atoms with Crippen molar-refractivity contribution in [2.45, 2.75) is 19.0 Å². The quantitative estimate of drug-likeness (QED) is 0.937. The predicted molar refractivity (Wildman–Crippen MR) is 84.3 cm³/mol. The molecule has 2 aromatic carbocycles. The normalized spacial score (nSPS) is 17.2.